The predicted molar refractivity (Wildman–Crippen MR) is 46.9 cm³/mol. The highest BCUT2D eigenvalue weighted by Crippen LogP contribution is 1.92. The number of ketones is 1. The highest BCUT2D eigenvalue weighted by Gasteiger charge is 1.90. The van der Waals surface area contributed by atoms with Crippen LogP contribution in [0.2, 0.25) is 0 Å². The van der Waals surface area contributed by atoms with E-state index in [1.54, 1.807) is 13.0 Å². The minimum Gasteiger partial charge on any atom is -0.360 e. The summed E-state index contributed by atoms with van der Waals surface area (Å²) in [5, 5.41) is 2.89. The summed E-state index contributed by atoms with van der Waals surface area (Å²) in [6, 6.07) is 0. The Labute approximate surface area is 67.3 Å². The fourth-order valence-electron chi connectivity index (χ4n) is 0.645. The molecule has 0 aliphatic rings. The molecule has 0 bridgehead atoms. The second kappa shape index (κ2) is 4.50. The fourth-order valence-corrected chi connectivity index (χ4v) is 0.645. The third kappa shape index (κ3) is 5.15. The molecular weight excluding hydrogens is 138 g/mol. The van der Waals surface area contributed by atoms with E-state index in [1.165, 1.54) is 13.0 Å². The Morgan fingerprint density at radius 3 is 2.36 bits per heavy atom. The lowest BCUT2D eigenvalue weighted by Gasteiger charge is -2.03. The zero-order valence-corrected chi connectivity index (χ0v) is 6.98. The standard InChI is InChI=1S/C9H13NO/c1-5-7(2)10-8(3)6-9(4)11/h5-6,10H,1-2H2,3-4H3/b8-6-. The van der Waals surface area contributed by atoms with Gasteiger partial charge in [0.1, 0.15) is 0 Å². The van der Waals surface area contributed by atoms with E-state index < -0.39 is 0 Å². The summed E-state index contributed by atoms with van der Waals surface area (Å²) in [6.07, 6.45) is 3.10. The van der Waals surface area contributed by atoms with Crippen molar-refractivity contribution in [1.82, 2.24) is 5.32 Å². The first kappa shape index (κ1) is 9.69. The van der Waals surface area contributed by atoms with E-state index in [0.717, 1.165) is 5.70 Å². The third-order valence-corrected chi connectivity index (χ3v) is 1.02. The van der Waals surface area contributed by atoms with Crippen LogP contribution in [0.15, 0.2) is 36.7 Å². The van der Waals surface area contributed by atoms with Crippen molar-refractivity contribution in [2.24, 2.45) is 0 Å². The first-order valence-electron chi connectivity index (χ1n) is 3.33. The molecule has 0 aromatic carbocycles. The molecule has 0 saturated carbocycles. The first-order chi connectivity index (χ1) is 5.06. The van der Waals surface area contributed by atoms with Crippen molar-refractivity contribution >= 4 is 5.78 Å². The molecule has 60 valence electrons. The van der Waals surface area contributed by atoms with Crippen LogP contribution < -0.4 is 5.32 Å². The maximum atomic E-state index is 10.6. The van der Waals surface area contributed by atoms with Gasteiger partial charge in [0.25, 0.3) is 0 Å². The SMILES string of the molecule is C=CC(=C)N/C(C)=C\C(C)=O. The Hall–Kier alpha value is -1.31. The van der Waals surface area contributed by atoms with Gasteiger partial charge >= 0.3 is 0 Å². The Kier molecular flexibility index (Phi) is 3.96. The van der Waals surface area contributed by atoms with Crippen LogP contribution in [0.1, 0.15) is 13.8 Å². The molecule has 2 nitrogen and oxygen atoms in total. The Morgan fingerprint density at radius 2 is 2.00 bits per heavy atom. The lowest BCUT2D eigenvalue weighted by Crippen LogP contribution is -2.08. The number of rotatable bonds is 4. The molecule has 0 atom stereocenters. The first-order valence-corrected chi connectivity index (χ1v) is 3.33. The second-order valence-electron chi connectivity index (χ2n) is 2.29. The number of carbonyl (C=O) groups excluding carboxylic acids is 1. The summed E-state index contributed by atoms with van der Waals surface area (Å²) < 4.78 is 0. The van der Waals surface area contributed by atoms with E-state index >= 15 is 0 Å². The molecule has 11 heavy (non-hydrogen) atoms. The van der Waals surface area contributed by atoms with Gasteiger partial charge in [-0.2, -0.15) is 0 Å². The van der Waals surface area contributed by atoms with Crippen molar-refractivity contribution in [3.05, 3.63) is 36.7 Å². The van der Waals surface area contributed by atoms with Gasteiger partial charge in [-0.1, -0.05) is 13.2 Å². The van der Waals surface area contributed by atoms with Crippen LogP contribution in [0.5, 0.6) is 0 Å². The maximum absolute atomic E-state index is 10.6. The third-order valence-electron chi connectivity index (χ3n) is 1.02. The van der Waals surface area contributed by atoms with Gasteiger partial charge in [0.15, 0.2) is 5.78 Å². The second-order valence-corrected chi connectivity index (χ2v) is 2.29. The van der Waals surface area contributed by atoms with Gasteiger partial charge < -0.3 is 5.32 Å². The van der Waals surface area contributed by atoms with Crippen LogP contribution in [-0.4, -0.2) is 5.78 Å². The molecule has 0 saturated heterocycles. The van der Waals surface area contributed by atoms with Crippen LogP contribution in [0.4, 0.5) is 0 Å². The smallest absolute Gasteiger partial charge is 0.154 e. The van der Waals surface area contributed by atoms with E-state index in [1.807, 2.05) is 0 Å². The molecule has 2 heteroatoms. The highest BCUT2D eigenvalue weighted by molar-refractivity contribution is 5.87. The summed E-state index contributed by atoms with van der Waals surface area (Å²) in [7, 11) is 0. The Bertz CT molecular complexity index is 214. The summed E-state index contributed by atoms with van der Waals surface area (Å²) in [5.41, 5.74) is 1.47. The van der Waals surface area contributed by atoms with Gasteiger partial charge in [-0.3, -0.25) is 4.79 Å². The zero-order valence-electron chi connectivity index (χ0n) is 6.98. The van der Waals surface area contributed by atoms with E-state index in [9.17, 15) is 4.79 Å². The summed E-state index contributed by atoms with van der Waals surface area (Å²) >= 11 is 0. The molecule has 1 N–H and O–H groups in total. The normalized spacial score (nSPS) is 10.5. The molecule has 0 aromatic rings. The lowest BCUT2D eigenvalue weighted by molar-refractivity contribution is -0.112. The van der Waals surface area contributed by atoms with Gasteiger partial charge in [0, 0.05) is 11.4 Å². The quantitative estimate of drug-likeness (QED) is 0.490. The fraction of sp³-hybridized carbons (Fsp3) is 0.222. The van der Waals surface area contributed by atoms with E-state index in [2.05, 4.69) is 18.5 Å². The minimum atomic E-state index is 0.0202. The molecule has 0 spiro atoms. The zero-order chi connectivity index (χ0) is 8.85. The number of nitrogens with one attached hydrogen (secondary N) is 1. The van der Waals surface area contributed by atoms with Crippen molar-refractivity contribution in [2.45, 2.75) is 13.8 Å². The van der Waals surface area contributed by atoms with Crippen molar-refractivity contribution in [3.63, 3.8) is 0 Å². The number of hydrogen-bond acceptors (Lipinski definition) is 2. The van der Waals surface area contributed by atoms with Crippen molar-refractivity contribution in [1.29, 1.82) is 0 Å². The molecule has 0 fully saturated rings. The number of allylic oxidation sites excluding steroid dienone is 3. The maximum Gasteiger partial charge on any atom is 0.154 e. The van der Waals surface area contributed by atoms with E-state index in [-0.39, 0.29) is 5.78 Å². The molecule has 0 rings (SSSR count). The van der Waals surface area contributed by atoms with E-state index in [0.29, 0.717) is 5.70 Å². The molecular formula is C9H13NO. The topological polar surface area (TPSA) is 29.1 Å². The van der Waals surface area contributed by atoms with Crippen LogP contribution >= 0.6 is 0 Å². The van der Waals surface area contributed by atoms with Crippen LogP contribution in [-0.2, 0) is 4.79 Å². The summed E-state index contributed by atoms with van der Waals surface area (Å²) in [6.45, 7) is 10.5. The van der Waals surface area contributed by atoms with Crippen molar-refractivity contribution in [2.75, 3.05) is 0 Å². The van der Waals surface area contributed by atoms with E-state index in [4.69, 9.17) is 0 Å². The molecule has 0 amide bonds. The van der Waals surface area contributed by atoms with Gasteiger partial charge in [0.2, 0.25) is 0 Å². The van der Waals surface area contributed by atoms with Crippen molar-refractivity contribution in [3.8, 4) is 0 Å². The largest absolute Gasteiger partial charge is 0.360 e. The molecule has 0 aromatic heterocycles. The van der Waals surface area contributed by atoms with Gasteiger partial charge in [0.05, 0.1) is 0 Å². The number of carbonyl (C=O) groups is 1. The Morgan fingerprint density at radius 1 is 1.45 bits per heavy atom. The summed E-state index contributed by atoms with van der Waals surface area (Å²) in [4.78, 5) is 10.6. The molecule has 0 radical (unpaired) electrons. The molecule has 0 heterocycles. The average Bonchev–Trinajstić information content (AvgIpc) is 1.85. The van der Waals surface area contributed by atoms with Crippen LogP contribution in [0, 0.1) is 0 Å². The minimum absolute atomic E-state index is 0.0202. The van der Waals surface area contributed by atoms with Gasteiger partial charge in [-0.15, -0.1) is 0 Å². The monoisotopic (exact) mass is 151 g/mol. The molecule has 0 aliphatic heterocycles. The average molecular weight is 151 g/mol. The summed E-state index contributed by atoms with van der Waals surface area (Å²) in [5.74, 6) is 0.0202. The lowest BCUT2D eigenvalue weighted by atomic mass is 10.3. The predicted octanol–water partition coefficient (Wildman–Crippen LogP) is 1.77. The highest BCUT2D eigenvalue weighted by atomic mass is 16.1. The number of hydrogen-bond donors (Lipinski definition) is 1. The van der Waals surface area contributed by atoms with Crippen LogP contribution in [0.3, 0.4) is 0 Å². The molecule has 0 aliphatic carbocycles. The van der Waals surface area contributed by atoms with Gasteiger partial charge in [-0.25, -0.2) is 0 Å². The van der Waals surface area contributed by atoms with Crippen molar-refractivity contribution < 1.29 is 4.79 Å². The van der Waals surface area contributed by atoms with Crippen LogP contribution in [0.25, 0.3) is 0 Å². The van der Waals surface area contributed by atoms with Gasteiger partial charge in [-0.05, 0) is 26.0 Å². The molecule has 0 unspecified atom stereocenters. The Balaban J connectivity index is 4.06.